The van der Waals surface area contributed by atoms with Crippen molar-refractivity contribution >= 4 is 19.7 Å². The van der Waals surface area contributed by atoms with E-state index in [0.717, 1.165) is 89.9 Å². The van der Waals surface area contributed by atoms with Gasteiger partial charge in [-0.05, 0) is 102 Å². The van der Waals surface area contributed by atoms with E-state index >= 15 is 0 Å². The minimum atomic E-state index is -4.46. The molecule has 0 aliphatic heterocycles. The van der Waals surface area contributed by atoms with E-state index in [1.54, 1.807) is 0 Å². The van der Waals surface area contributed by atoms with Crippen molar-refractivity contribution < 1.29 is 37.3 Å². The van der Waals surface area contributed by atoms with Gasteiger partial charge in [0.15, 0.2) is 0 Å². The number of carbonyl (C=O) groups is 2. The summed E-state index contributed by atoms with van der Waals surface area (Å²) < 4.78 is 30.8. The Morgan fingerprint density at radius 2 is 0.735 bits per heavy atom. The van der Waals surface area contributed by atoms with Crippen molar-refractivity contribution in [3.8, 4) is 0 Å². The van der Waals surface area contributed by atoms with Crippen LogP contribution in [0.25, 0.3) is 0 Å². The molecule has 0 radical (unpaired) electrons. The van der Waals surface area contributed by atoms with Gasteiger partial charge in [-0.2, -0.15) is 0 Å². The van der Waals surface area contributed by atoms with Crippen molar-refractivity contribution in [2.75, 3.05) is 40.9 Å². The first-order valence-corrected chi connectivity index (χ1v) is 36.8. The summed E-state index contributed by atoms with van der Waals surface area (Å²) in [5.41, 5.74) is 0. The summed E-state index contributed by atoms with van der Waals surface area (Å²) in [7, 11) is 1.49. The lowest BCUT2D eigenvalue weighted by Crippen LogP contribution is -2.47. The molecule has 9 nitrogen and oxygen atoms in total. The molecule has 0 heterocycles. The second kappa shape index (κ2) is 62.5. The Balaban J connectivity index is 5.07. The Labute approximate surface area is 514 Å². The molecule has 0 aliphatic rings. The lowest BCUT2D eigenvalue weighted by Gasteiger charge is -2.27. The topological polar surface area (TPSA) is 111 Å². The Kier molecular flexibility index (Phi) is 60.6. The predicted octanol–water partition coefficient (Wildman–Crippen LogP) is 22.3. The number of phosphoric acid groups is 1. The van der Waals surface area contributed by atoms with Crippen LogP contribution in [0.5, 0.6) is 0 Å². The van der Waals surface area contributed by atoms with E-state index in [1.807, 2.05) is 33.3 Å². The van der Waals surface area contributed by atoms with Gasteiger partial charge in [0.2, 0.25) is 5.91 Å². The summed E-state index contributed by atoms with van der Waals surface area (Å²) in [4.78, 5) is 37.9. The molecule has 0 bridgehead atoms. The van der Waals surface area contributed by atoms with Gasteiger partial charge in [0.25, 0.3) is 0 Å². The van der Waals surface area contributed by atoms with Gasteiger partial charge in [-0.1, -0.05) is 287 Å². The van der Waals surface area contributed by atoms with E-state index in [1.165, 1.54) is 205 Å². The van der Waals surface area contributed by atoms with Gasteiger partial charge >= 0.3 is 13.8 Å². The number of hydrogen-bond acceptors (Lipinski definition) is 6. The highest BCUT2D eigenvalue weighted by Gasteiger charge is 2.30. The average molecular weight is 1180 g/mol. The number of unbranched alkanes of at least 4 members (excludes halogenated alkanes) is 38. The first kappa shape index (κ1) is 80.5. The molecule has 484 valence electrons. The zero-order chi connectivity index (χ0) is 60.7. The summed E-state index contributed by atoms with van der Waals surface area (Å²) in [6, 6.07) is -0.855. The maximum atomic E-state index is 13.6. The summed E-state index contributed by atoms with van der Waals surface area (Å²) in [5.74, 6) is -0.505. The number of carbonyl (C=O) groups excluding carboxylic acids is 2. The number of hydrogen-bond donors (Lipinski definition) is 2. The lowest BCUT2D eigenvalue weighted by atomic mass is 10.0. The number of allylic oxidation sites excluding steroid dienone is 11. The molecular formula is C73H136N2O7P+. The van der Waals surface area contributed by atoms with Gasteiger partial charge < -0.3 is 19.4 Å². The second-order valence-corrected chi connectivity index (χ2v) is 26.5. The molecule has 0 aromatic rings. The number of amides is 1. The minimum Gasteiger partial charge on any atom is -0.456 e. The number of phosphoric ester groups is 1. The van der Waals surface area contributed by atoms with Crippen LogP contribution in [0.1, 0.15) is 329 Å². The molecule has 0 saturated heterocycles. The van der Waals surface area contributed by atoms with Crippen molar-refractivity contribution in [1.29, 1.82) is 0 Å². The fourth-order valence-electron chi connectivity index (χ4n) is 10.2. The van der Waals surface area contributed by atoms with Gasteiger partial charge in [-0.25, -0.2) is 4.57 Å². The highest BCUT2D eigenvalue weighted by atomic mass is 31.2. The third-order valence-electron chi connectivity index (χ3n) is 15.6. The first-order valence-electron chi connectivity index (χ1n) is 35.3. The molecule has 0 rings (SSSR count). The summed E-state index contributed by atoms with van der Waals surface area (Å²) in [6.07, 6.45) is 81.9. The van der Waals surface area contributed by atoms with Gasteiger partial charge in [0.1, 0.15) is 19.3 Å². The number of nitrogens with one attached hydrogen (secondary N) is 1. The molecule has 0 spiro atoms. The van der Waals surface area contributed by atoms with E-state index in [2.05, 4.69) is 86.8 Å². The highest BCUT2D eigenvalue weighted by molar-refractivity contribution is 7.47. The number of rotatable bonds is 64. The number of nitrogens with zero attached hydrogens (tertiary/aromatic N) is 1. The van der Waals surface area contributed by atoms with Gasteiger partial charge in [-0.3, -0.25) is 18.6 Å². The number of esters is 1. The minimum absolute atomic E-state index is 0.0376. The molecule has 3 atom stereocenters. The molecule has 10 heteroatoms. The molecule has 0 aliphatic carbocycles. The molecule has 0 aromatic heterocycles. The smallest absolute Gasteiger partial charge is 0.456 e. The maximum absolute atomic E-state index is 13.6. The van der Waals surface area contributed by atoms with Crippen molar-refractivity contribution in [2.24, 2.45) is 0 Å². The van der Waals surface area contributed by atoms with Crippen LogP contribution < -0.4 is 5.32 Å². The number of likely N-dealkylation sites (N-methyl/N-ethyl adjacent to an activating group) is 1. The largest absolute Gasteiger partial charge is 0.472 e. The van der Waals surface area contributed by atoms with Crippen LogP contribution in [0.15, 0.2) is 72.9 Å². The molecule has 0 fully saturated rings. The van der Waals surface area contributed by atoms with E-state index in [-0.39, 0.29) is 31.5 Å². The van der Waals surface area contributed by atoms with Crippen LogP contribution in [0, 0.1) is 0 Å². The molecular weight excluding hydrogens is 1050 g/mol. The highest BCUT2D eigenvalue weighted by Crippen LogP contribution is 2.43. The second-order valence-electron chi connectivity index (χ2n) is 25.0. The number of quaternary nitrogens is 1. The molecule has 1 amide bonds. The van der Waals surface area contributed by atoms with Gasteiger partial charge in [0.05, 0.1) is 33.8 Å². The van der Waals surface area contributed by atoms with Crippen LogP contribution in [0.2, 0.25) is 0 Å². The molecule has 83 heavy (non-hydrogen) atoms. The van der Waals surface area contributed by atoms with Crippen molar-refractivity contribution in [2.45, 2.75) is 341 Å². The summed E-state index contributed by atoms with van der Waals surface area (Å²) >= 11 is 0. The standard InChI is InChI=1S/C73H135N2O7P/c1-7-10-13-16-19-22-25-28-30-32-33-34-35-36-37-38-39-40-41-43-45-48-51-54-57-60-63-66-73(77)82-71(64-61-58-55-52-49-46-27-24-21-18-15-12-9-3)70(69-81-83(78,79)80-68-67-75(4,5)6)74-72(76)65-62-59-56-53-50-47-44-42-31-29-26-23-20-17-14-11-8-2/h19-20,22-23,28-31,33-34,61,64,70-71H,7-18,21,24-27,32,35-60,62-63,65-69H2,1-6H3,(H-,74,76,78,79)/p+1/b22-19-,23-20-,30-28-,31-29-,34-33-,64-61-. The Hall–Kier alpha value is -2.55. The van der Waals surface area contributed by atoms with Crippen molar-refractivity contribution in [3.05, 3.63) is 72.9 Å². The van der Waals surface area contributed by atoms with E-state index < -0.39 is 20.0 Å². The first-order chi connectivity index (χ1) is 40.4. The van der Waals surface area contributed by atoms with Gasteiger partial charge in [-0.15, -0.1) is 0 Å². The quantitative estimate of drug-likeness (QED) is 0.0205. The van der Waals surface area contributed by atoms with Crippen LogP contribution in [-0.2, 0) is 27.9 Å². The summed E-state index contributed by atoms with van der Waals surface area (Å²) in [6.45, 7) is 6.99. The third-order valence-corrected chi connectivity index (χ3v) is 16.6. The average Bonchev–Trinajstić information content (AvgIpc) is 3.47. The van der Waals surface area contributed by atoms with Crippen molar-refractivity contribution in [3.63, 3.8) is 0 Å². The van der Waals surface area contributed by atoms with Crippen LogP contribution in [0.4, 0.5) is 0 Å². The lowest BCUT2D eigenvalue weighted by molar-refractivity contribution is -0.870. The van der Waals surface area contributed by atoms with Crippen LogP contribution in [-0.4, -0.2) is 74.3 Å². The monoisotopic (exact) mass is 1180 g/mol. The Morgan fingerprint density at radius 1 is 0.422 bits per heavy atom. The maximum Gasteiger partial charge on any atom is 0.472 e. The van der Waals surface area contributed by atoms with E-state index in [0.29, 0.717) is 17.4 Å². The van der Waals surface area contributed by atoms with Crippen molar-refractivity contribution in [1.82, 2.24) is 5.32 Å². The SMILES string of the molecule is CCCCC/C=C\C/C=C\C/C=C\CCCCCCCCCCCCCCCCC(=O)OC(/C=C\CCCCCCCCCCCCC)C(COP(=O)(O)OCC[N+](C)(C)C)NC(=O)CCCCCCCCC/C=C\C/C=C\CCCCC. The third kappa shape index (κ3) is 63.8. The van der Waals surface area contributed by atoms with Crippen LogP contribution in [0.3, 0.4) is 0 Å². The number of ether oxygens (including phenoxy) is 1. The zero-order valence-corrected chi connectivity index (χ0v) is 56.3. The molecule has 0 aromatic carbocycles. The Bertz CT molecular complexity index is 1650. The molecule has 0 saturated carbocycles. The summed E-state index contributed by atoms with van der Waals surface area (Å²) in [5, 5.41) is 3.07. The normalized spacial score (nSPS) is 14.0. The fraction of sp³-hybridized carbons (Fsp3) is 0.808. The Morgan fingerprint density at radius 3 is 1.12 bits per heavy atom. The fourth-order valence-corrected chi connectivity index (χ4v) is 10.9. The molecule has 2 N–H and O–H groups in total. The van der Waals surface area contributed by atoms with Gasteiger partial charge in [0, 0.05) is 12.8 Å². The zero-order valence-electron chi connectivity index (χ0n) is 55.4. The van der Waals surface area contributed by atoms with Crippen LogP contribution >= 0.6 is 7.82 Å². The molecule has 3 unspecified atom stereocenters. The predicted molar refractivity (Wildman–Crippen MR) is 360 cm³/mol. The van der Waals surface area contributed by atoms with E-state index in [9.17, 15) is 19.0 Å². The van der Waals surface area contributed by atoms with E-state index in [4.69, 9.17) is 13.8 Å².